The van der Waals surface area contributed by atoms with E-state index >= 15 is 0 Å². The Morgan fingerprint density at radius 3 is 2.18 bits per heavy atom. The van der Waals surface area contributed by atoms with Gasteiger partial charge in [-0.3, -0.25) is 9.59 Å². The van der Waals surface area contributed by atoms with Crippen LogP contribution in [0.15, 0.2) is 60.7 Å². The van der Waals surface area contributed by atoms with Crippen molar-refractivity contribution in [2.24, 2.45) is 5.41 Å². The molecule has 2 heterocycles. The summed E-state index contributed by atoms with van der Waals surface area (Å²) in [6.07, 6.45) is 1.66. The molecule has 1 N–H and O–H groups in total. The van der Waals surface area contributed by atoms with Crippen molar-refractivity contribution in [1.82, 2.24) is 4.90 Å². The van der Waals surface area contributed by atoms with Gasteiger partial charge in [-0.05, 0) is 17.5 Å². The van der Waals surface area contributed by atoms with Gasteiger partial charge >= 0.3 is 5.97 Å². The lowest BCUT2D eigenvalue weighted by atomic mass is 9.64. The summed E-state index contributed by atoms with van der Waals surface area (Å²) in [5, 5.41) is 11.6. The highest BCUT2D eigenvalue weighted by atomic mass is 17.2. The molecule has 176 valence electrons. The number of piperidine rings is 1. The number of fused-ring (bicyclic) bond motifs is 1. The van der Waals surface area contributed by atoms with Gasteiger partial charge in [0.15, 0.2) is 5.60 Å². The summed E-state index contributed by atoms with van der Waals surface area (Å²) in [6, 6.07) is 19.0. The van der Waals surface area contributed by atoms with Crippen LogP contribution in [0.2, 0.25) is 0 Å². The number of carbonyl (C=O) groups excluding carboxylic acids is 2. The molecule has 2 aromatic carbocycles. The maximum Gasteiger partial charge on any atom is 0.319 e. The van der Waals surface area contributed by atoms with E-state index in [1.807, 2.05) is 67.6 Å². The van der Waals surface area contributed by atoms with Gasteiger partial charge in [0, 0.05) is 32.9 Å². The lowest BCUT2D eigenvalue weighted by Crippen LogP contribution is -2.70. The number of amides is 1. The second-order valence-electron chi connectivity index (χ2n) is 8.95. The highest BCUT2D eigenvalue weighted by Gasteiger charge is 2.69. The Morgan fingerprint density at radius 1 is 1.03 bits per heavy atom. The molecule has 1 amide bonds. The van der Waals surface area contributed by atoms with Gasteiger partial charge in [0.05, 0.1) is 6.61 Å². The van der Waals surface area contributed by atoms with Crippen LogP contribution in [0.5, 0.6) is 0 Å². The van der Waals surface area contributed by atoms with Gasteiger partial charge in [0.1, 0.15) is 5.41 Å². The number of benzene rings is 2. The summed E-state index contributed by atoms with van der Waals surface area (Å²) >= 11 is 0. The van der Waals surface area contributed by atoms with E-state index in [0.717, 1.165) is 17.5 Å². The molecular weight excluding hydrogens is 422 g/mol. The van der Waals surface area contributed by atoms with E-state index in [1.165, 1.54) is 6.92 Å². The van der Waals surface area contributed by atoms with Gasteiger partial charge in [0.25, 0.3) is 0 Å². The minimum absolute atomic E-state index is 0.0193. The Morgan fingerprint density at radius 2 is 1.64 bits per heavy atom. The minimum atomic E-state index is -1.92. The van der Waals surface area contributed by atoms with E-state index < -0.39 is 22.8 Å². The number of hydrogen-bond donors (Lipinski definition) is 1. The zero-order valence-corrected chi connectivity index (χ0v) is 19.2. The van der Waals surface area contributed by atoms with Crippen LogP contribution in [0, 0.1) is 5.41 Å². The van der Waals surface area contributed by atoms with Crippen LogP contribution in [0.1, 0.15) is 50.7 Å². The molecule has 0 aromatic heterocycles. The van der Waals surface area contributed by atoms with Crippen molar-refractivity contribution in [2.45, 2.75) is 50.9 Å². The van der Waals surface area contributed by atoms with Crippen molar-refractivity contribution in [3.8, 4) is 0 Å². The van der Waals surface area contributed by atoms with Gasteiger partial charge in [-0.15, -0.1) is 0 Å². The largest absolute Gasteiger partial charge is 0.465 e. The molecule has 0 bridgehead atoms. The summed E-state index contributed by atoms with van der Waals surface area (Å²) in [5.74, 6) is -2.67. The van der Waals surface area contributed by atoms with Gasteiger partial charge < -0.3 is 14.7 Å². The standard InChI is InChI=1S/C26H31NO6/c1-3-4-17-31-23(29)24-18-25(21-11-7-5-8-12-21,22-13-9-6-10-14-22)32-33-26(24,30)15-16-27(19-24)20(2)28/h5-14,30H,3-4,15-19H2,1-2H3. The van der Waals surface area contributed by atoms with E-state index in [2.05, 4.69) is 0 Å². The number of ether oxygens (including phenoxy) is 1. The van der Waals surface area contributed by atoms with Gasteiger partial charge in [-0.1, -0.05) is 74.0 Å². The van der Waals surface area contributed by atoms with Crippen molar-refractivity contribution in [2.75, 3.05) is 19.7 Å². The minimum Gasteiger partial charge on any atom is -0.465 e. The lowest BCUT2D eigenvalue weighted by Gasteiger charge is -2.56. The van der Waals surface area contributed by atoms with Crippen LogP contribution < -0.4 is 0 Å². The average Bonchev–Trinajstić information content (AvgIpc) is 2.84. The Kier molecular flexibility index (Phi) is 6.56. The number of nitrogens with zero attached hydrogens (tertiary/aromatic N) is 1. The van der Waals surface area contributed by atoms with Crippen molar-refractivity contribution >= 4 is 11.9 Å². The number of aliphatic hydroxyl groups is 1. The molecule has 0 aliphatic carbocycles. The molecule has 4 rings (SSSR count). The van der Waals surface area contributed by atoms with E-state index in [4.69, 9.17) is 14.5 Å². The average molecular weight is 454 g/mol. The first-order valence-corrected chi connectivity index (χ1v) is 11.5. The maximum atomic E-state index is 13.7. The summed E-state index contributed by atoms with van der Waals surface area (Å²) in [4.78, 5) is 39.4. The van der Waals surface area contributed by atoms with Crippen molar-refractivity contribution in [3.05, 3.63) is 71.8 Å². The van der Waals surface area contributed by atoms with Gasteiger partial charge in [0.2, 0.25) is 11.7 Å². The molecule has 0 radical (unpaired) electrons. The highest BCUT2D eigenvalue weighted by molar-refractivity contribution is 5.81. The number of carbonyl (C=O) groups is 2. The van der Waals surface area contributed by atoms with E-state index in [9.17, 15) is 14.7 Å². The molecule has 2 atom stereocenters. The van der Waals surface area contributed by atoms with E-state index in [1.54, 1.807) is 4.90 Å². The molecule has 7 heteroatoms. The maximum absolute atomic E-state index is 13.7. The van der Waals surface area contributed by atoms with E-state index in [0.29, 0.717) is 6.42 Å². The quantitative estimate of drug-likeness (QED) is 0.409. The van der Waals surface area contributed by atoms with Crippen LogP contribution in [0.25, 0.3) is 0 Å². The predicted octanol–water partition coefficient (Wildman–Crippen LogP) is 3.55. The molecule has 2 fully saturated rings. The fraction of sp³-hybridized carbons (Fsp3) is 0.462. The molecule has 2 aliphatic heterocycles. The van der Waals surface area contributed by atoms with Crippen molar-refractivity contribution in [3.63, 3.8) is 0 Å². The zero-order valence-electron chi connectivity index (χ0n) is 19.2. The van der Waals surface area contributed by atoms with Crippen molar-refractivity contribution in [1.29, 1.82) is 0 Å². The van der Waals surface area contributed by atoms with Gasteiger partial charge in [-0.25, -0.2) is 4.89 Å². The fourth-order valence-electron chi connectivity index (χ4n) is 4.86. The third-order valence-electron chi connectivity index (χ3n) is 6.85. The highest BCUT2D eigenvalue weighted by Crippen LogP contribution is 2.56. The van der Waals surface area contributed by atoms with Crippen LogP contribution in [0.3, 0.4) is 0 Å². The normalized spacial score (nSPS) is 26.3. The Labute approximate surface area is 194 Å². The number of likely N-dealkylation sites (tertiary alicyclic amines) is 1. The van der Waals surface area contributed by atoms with Crippen molar-refractivity contribution < 1.29 is 29.2 Å². The first kappa shape index (κ1) is 23.4. The van der Waals surface area contributed by atoms with Crippen LogP contribution in [-0.2, 0) is 29.7 Å². The number of unbranched alkanes of at least 4 members (excludes halogenated alkanes) is 1. The molecule has 2 aromatic rings. The molecule has 2 unspecified atom stereocenters. The molecule has 2 aliphatic rings. The van der Waals surface area contributed by atoms with E-state index in [-0.39, 0.29) is 38.4 Å². The molecule has 7 nitrogen and oxygen atoms in total. The summed E-state index contributed by atoms with van der Waals surface area (Å²) < 4.78 is 5.67. The second kappa shape index (κ2) is 9.25. The summed E-state index contributed by atoms with van der Waals surface area (Å²) in [5.41, 5.74) is -1.16. The number of esters is 1. The fourth-order valence-corrected chi connectivity index (χ4v) is 4.86. The van der Waals surface area contributed by atoms with Crippen LogP contribution in [-0.4, -0.2) is 47.4 Å². The molecule has 33 heavy (non-hydrogen) atoms. The third-order valence-corrected chi connectivity index (χ3v) is 6.85. The zero-order chi connectivity index (χ0) is 23.5. The Balaban J connectivity index is 1.85. The monoisotopic (exact) mass is 453 g/mol. The first-order chi connectivity index (χ1) is 15.9. The molecular formula is C26H31NO6. The summed E-state index contributed by atoms with van der Waals surface area (Å²) in [6.45, 7) is 3.94. The number of rotatable bonds is 6. The first-order valence-electron chi connectivity index (χ1n) is 11.5. The lowest BCUT2D eigenvalue weighted by molar-refractivity contribution is -0.516. The molecule has 0 saturated carbocycles. The predicted molar refractivity (Wildman–Crippen MR) is 121 cm³/mol. The number of hydrogen-bond acceptors (Lipinski definition) is 6. The molecule has 2 saturated heterocycles. The Hall–Kier alpha value is -2.74. The topological polar surface area (TPSA) is 85.3 Å². The van der Waals surface area contributed by atoms with Crippen LogP contribution in [0.4, 0.5) is 0 Å². The summed E-state index contributed by atoms with van der Waals surface area (Å²) in [7, 11) is 0. The van der Waals surface area contributed by atoms with Crippen LogP contribution >= 0.6 is 0 Å². The SMILES string of the molecule is CCCCOC(=O)C12CN(C(C)=O)CCC1(O)OOC(c1ccccc1)(c1ccccc1)C2. The second-order valence-corrected chi connectivity index (χ2v) is 8.95. The smallest absolute Gasteiger partial charge is 0.319 e. The third kappa shape index (κ3) is 4.05. The Bertz CT molecular complexity index is 941. The van der Waals surface area contributed by atoms with Gasteiger partial charge in [-0.2, -0.15) is 4.89 Å². The molecule has 0 spiro atoms.